The van der Waals surface area contributed by atoms with Gasteiger partial charge in [-0.15, -0.1) is 0 Å². The third-order valence-corrected chi connectivity index (χ3v) is 5.08. The molecule has 9 heteroatoms. The second-order valence-corrected chi connectivity index (χ2v) is 7.31. The maximum Gasteiger partial charge on any atom is 0.453 e. The average Bonchev–Trinajstić information content (AvgIpc) is 2.80. The van der Waals surface area contributed by atoms with E-state index in [1.54, 1.807) is 24.3 Å². The molecule has 0 unspecified atom stereocenters. The minimum Gasteiger partial charge on any atom is -0.497 e. The van der Waals surface area contributed by atoms with E-state index in [0.29, 0.717) is 16.3 Å². The highest BCUT2D eigenvalue weighted by atomic mass is 35.5. The third kappa shape index (κ3) is 4.90. The number of hydrogen-bond donors (Lipinski definition) is 0. The van der Waals surface area contributed by atoms with Gasteiger partial charge in [-0.3, -0.25) is 4.79 Å². The normalized spacial score (nSPS) is 11.4. The van der Waals surface area contributed by atoms with E-state index in [1.807, 2.05) is 0 Å². The van der Waals surface area contributed by atoms with Crippen LogP contribution in [0.25, 0.3) is 11.0 Å². The summed E-state index contributed by atoms with van der Waals surface area (Å²) < 4.78 is 62.2. The SMILES string of the molecule is COc1ccc(Oc2c(C(F)(F)F)oc3cc(OCc4ccccc4Cl)ccc3c2=O)cc1. The fourth-order valence-corrected chi connectivity index (χ4v) is 3.25. The molecule has 4 aromatic rings. The number of fused-ring (bicyclic) bond motifs is 1. The fraction of sp³-hybridized carbons (Fsp3) is 0.125. The lowest BCUT2D eigenvalue weighted by molar-refractivity contribution is -0.154. The van der Waals surface area contributed by atoms with Crippen molar-refractivity contribution in [2.75, 3.05) is 7.11 Å². The first-order valence-corrected chi connectivity index (χ1v) is 10.00. The topological polar surface area (TPSA) is 57.9 Å². The number of ether oxygens (including phenoxy) is 3. The number of benzene rings is 3. The lowest BCUT2D eigenvalue weighted by Gasteiger charge is -2.14. The molecule has 0 N–H and O–H groups in total. The van der Waals surface area contributed by atoms with Crippen LogP contribution < -0.4 is 19.6 Å². The van der Waals surface area contributed by atoms with Crippen molar-refractivity contribution in [1.29, 1.82) is 0 Å². The molecule has 5 nitrogen and oxygen atoms in total. The summed E-state index contributed by atoms with van der Waals surface area (Å²) in [6, 6.07) is 16.8. The van der Waals surface area contributed by atoms with Crippen LogP contribution in [0.15, 0.2) is 75.9 Å². The maximum atomic E-state index is 13.7. The zero-order valence-corrected chi connectivity index (χ0v) is 17.9. The van der Waals surface area contributed by atoms with Crippen LogP contribution in [-0.2, 0) is 12.8 Å². The summed E-state index contributed by atoms with van der Waals surface area (Å²) in [5.74, 6) is -1.78. The number of methoxy groups -OCH3 is 1. The molecule has 170 valence electrons. The van der Waals surface area contributed by atoms with E-state index in [1.165, 1.54) is 49.6 Å². The van der Waals surface area contributed by atoms with Crippen LogP contribution in [0.1, 0.15) is 11.3 Å². The number of alkyl halides is 3. The molecule has 0 aliphatic rings. The second-order valence-electron chi connectivity index (χ2n) is 6.90. The Kier molecular flexibility index (Phi) is 6.20. The molecule has 0 atom stereocenters. The number of rotatable bonds is 6. The van der Waals surface area contributed by atoms with E-state index in [4.69, 9.17) is 30.2 Å². The Morgan fingerprint density at radius 2 is 1.61 bits per heavy atom. The molecule has 1 heterocycles. The van der Waals surface area contributed by atoms with Gasteiger partial charge in [0.15, 0.2) is 0 Å². The van der Waals surface area contributed by atoms with Gasteiger partial charge in [0.1, 0.15) is 29.4 Å². The van der Waals surface area contributed by atoms with Crippen LogP contribution in [0.4, 0.5) is 13.2 Å². The minimum absolute atomic E-state index is 0.0210. The summed E-state index contributed by atoms with van der Waals surface area (Å²) in [6.45, 7) is 0.0835. The quantitative estimate of drug-likeness (QED) is 0.305. The summed E-state index contributed by atoms with van der Waals surface area (Å²) in [4.78, 5) is 12.9. The van der Waals surface area contributed by atoms with Gasteiger partial charge in [0.05, 0.1) is 12.5 Å². The molecule has 0 aliphatic heterocycles. The lowest BCUT2D eigenvalue weighted by atomic mass is 10.2. The standard InChI is InChI=1S/C24H16ClF3O5/c1-30-15-6-8-16(9-7-15)32-22-21(29)18-11-10-17(12-20(18)33-23(22)24(26,27)28)31-13-14-4-2-3-5-19(14)25/h2-12H,13H2,1H3. The highest BCUT2D eigenvalue weighted by Crippen LogP contribution is 2.39. The van der Waals surface area contributed by atoms with E-state index in [2.05, 4.69) is 0 Å². The van der Waals surface area contributed by atoms with Crippen LogP contribution in [0.2, 0.25) is 5.02 Å². The van der Waals surface area contributed by atoms with Crippen LogP contribution in [0.5, 0.6) is 23.0 Å². The van der Waals surface area contributed by atoms with Crippen molar-refractivity contribution in [3.63, 3.8) is 0 Å². The Morgan fingerprint density at radius 1 is 0.939 bits per heavy atom. The van der Waals surface area contributed by atoms with Crippen molar-refractivity contribution in [3.8, 4) is 23.0 Å². The van der Waals surface area contributed by atoms with Crippen LogP contribution >= 0.6 is 11.6 Å². The molecular formula is C24H16ClF3O5. The highest BCUT2D eigenvalue weighted by molar-refractivity contribution is 6.31. The van der Waals surface area contributed by atoms with Gasteiger partial charge in [0.2, 0.25) is 11.2 Å². The zero-order chi connectivity index (χ0) is 23.6. The smallest absolute Gasteiger partial charge is 0.453 e. The van der Waals surface area contributed by atoms with Crippen LogP contribution in [0, 0.1) is 0 Å². The van der Waals surface area contributed by atoms with E-state index in [9.17, 15) is 18.0 Å². The first kappa shape index (κ1) is 22.5. The van der Waals surface area contributed by atoms with Crippen molar-refractivity contribution in [2.24, 2.45) is 0 Å². The maximum absolute atomic E-state index is 13.7. The summed E-state index contributed by atoms with van der Waals surface area (Å²) in [6.07, 6.45) is -4.97. The largest absolute Gasteiger partial charge is 0.497 e. The monoisotopic (exact) mass is 476 g/mol. The second kappa shape index (κ2) is 9.07. The molecule has 0 amide bonds. The predicted molar refractivity (Wildman–Crippen MR) is 116 cm³/mol. The van der Waals surface area contributed by atoms with E-state index < -0.39 is 23.1 Å². The summed E-state index contributed by atoms with van der Waals surface area (Å²) in [5, 5.41) is 0.404. The van der Waals surface area contributed by atoms with Crippen LogP contribution in [0.3, 0.4) is 0 Å². The number of hydrogen-bond acceptors (Lipinski definition) is 5. The Bertz CT molecular complexity index is 1350. The molecule has 3 aromatic carbocycles. The molecule has 0 radical (unpaired) electrons. The van der Waals surface area contributed by atoms with Crippen molar-refractivity contribution in [2.45, 2.75) is 12.8 Å². The third-order valence-electron chi connectivity index (χ3n) is 4.71. The predicted octanol–water partition coefficient (Wildman–Crippen LogP) is 6.85. The molecule has 0 bridgehead atoms. The molecular weight excluding hydrogens is 461 g/mol. The molecule has 0 saturated heterocycles. The van der Waals surface area contributed by atoms with E-state index in [0.717, 1.165) is 0 Å². The lowest BCUT2D eigenvalue weighted by Crippen LogP contribution is -2.15. The van der Waals surface area contributed by atoms with E-state index in [-0.39, 0.29) is 29.1 Å². The average molecular weight is 477 g/mol. The van der Waals surface area contributed by atoms with Crippen LogP contribution in [-0.4, -0.2) is 7.11 Å². The highest BCUT2D eigenvalue weighted by Gasteiger charge is 2.40. The van der Waals surface area contributed by atoms with Gasteiger partial charge >= 0.3 is 6.18 Å². The Hall–Kier alpha value is -3.65. The molecule has 0 aliphatic carbocycles. The summed E-state index contributed by atoms with van der Waals surface area (Å²) in [7, 11) is 1.45. The Labute approximate surface area is 190 Å². The molecule has 0 spiro atoms. The van der Waals surface area contributed by atoms with Gasteiger partial charge in [-0.25, -0.2) is 0 Å². The Balaban J connectivity index is 1.71. The van der Waals surface area contributed by atoms with Gasteiger partial charge in [-0.05, 0) is 42.5 Å². The zero-order valence-electron chi connectivity index (χ0n) is 17.1. The first-order chi connectivity index (χ1) is 15.8. The Morgan fingerprint density at radius 3 is 2.27 bits per heavy atom. The minimum atomic E-state index is -4.97. The fourth-order valence-electron chi connectivity index (χ4n) is 3.06. The van der Waals surface area contributed by atoms with Gasteiger partial charge < -0.3 is 18.6 Å². The summed E-state index contributed by atoms with van der Waals surface area (Å²) in [5.41, 5.74) is -0.553. The first-order valence-electron chi connectivity index (χ1n) is 9.62. The van der Waals surface area contributed by atoms with Crippen molar-refractivity contribution in [3.05, 3.63) is 93.3 Å². The molecule has 1 aromatic heterocycles. The molecule has 4 rings (SSSR count). The van der Waals surface area contributed by atoms with Gasteiger partial charge in [0, 0.05) is 16.7 Å². The van der Waals surface area contributed by atoms with Gasteiger partial charge in [0.25, 0.3) is 5.76 Å². The summed E-state index contributed by atoms with van der Waals surface area (Å²) >= 11 is 6.09. The molecule has 33 heavy (non-hydrogen) atoms. The van der Waals surface area contributed by atoms with Crippen molar-refractivity contribution in [1.82, 2.24) is 0 Å². The molecule has 0 saturated carbocycles. The van der Waals surface area contributed by atoms with Crippen molar-refractivity contribution < 1.29 is 31.8 Å². The van der Waals surface area contributed by atoms with E-state index >= 15 is 0 Å². The van der Waals surface area contributed by atoms with Crippen molar-refractivity contribution >= 4 is 22.6 Å². The van der Waals surface area contributed by atoms with Gasteiger partial charge in [-0.1, -0.05) is 29.8 Å². The van der Waals surface area contributed by atoms with Gasteiger partial charge in [-0.2, -0.15) is 13.2 Å². The molecule has 0 fully saturated rings. The number of halogens is 4.